The minimum Gasteiger partial charge on any atom is -0.489 e. The number of nitrogens with zero attached hydrogens (tertiary/aromatic N) is 3. The van der Waals surface area contributed by atoms with Crippen molar-refractivity contribution in [1.82, 2.24) is 10.2 Å². The van der Waals surface area contributed by atoms with E-state index in [-0.39, 0.29) is 16.8 Å². The van der Waals surface area contributed by atoms with Crippen LogP contribution in [0, 0.1) is 6.92 Å². The molecule has 0 N–H and O–H groups in total. The van der Waals surface area contributed by atoms with Gasteiger partial charge in [-0.2, -0.15) is 0 Å². The molecule has 1 unspecified atom stereocenters. The second-order valence-corrected chi connectivity index (χ2v) is 9.94. The van der Waals surface area contributed by atoms with Crippen LogP contribution in [0.1, 0.15) is 38.3 Å². The number of halogens is 1. The molecular weight excluding hydrogens is 498 g/mol. The molecule has 2 aromatic heterocycles. The summed E-state index contributed by atoms with van der Waals surface area (Å²) in [5.41, 5.74) is 1.94. The van der Waals surface area contributed by atoms with Crippen LogP contribution in [0.5, 0.6) is 5.75 Å². The Bertz CT molecular complexity index is 1680. The lowest BCUT2D eigenvalue weighted by Gasteiger charge is -2.22. The van der Waals surface area contributed by atoms with E-state index < -0.39 is 11.9 Å². The maximum Gasteiger partial charge on any atom is 0.297 e. The molecule has 3 aromatic carbocycles. The molecule has 9 heteroatoms. The van der Waals surface area contributed by atoms with Crippen LogP contribution in [0.4, 0.5) is 5.13 Å². The van der Waals surface area contributed by atoms with Crippen molar-refractivity contribution in [1.29, 1.82) is 0 Å². The summed E-state index contributed by atoms with van der Waals surface area (Å²) in [4.78, 5) is 28.8. The second kappa shape index (κ2) is 8.89. The SMILES string of the molecule is Cc1nnc(N2C(=O)c3oc4ccc(Cl)cc4c(=O)c3C2c2cccc(OCc3ccccc3)c2)s1. The van der Waals surface area contributed by atoms with Gasteiger partial charge in [0.2, 0.25) is 10.9 Å². The molecule has 0 fully saturated rings. The number of fused-ring (bicyclic) bond motifs is 2. The van der Waals surface area contributed by atoms with E-state index >= 15 is 0 Å². The van der Waals surface area contributed by atoms with Crippen molar-refractivity contribution < 1.29 is 13.9 Å². The van der Waals surface area contributed by atoms with Crippen molar-refractivity contribution in [3.63, 3.8) is 0 Å². The zero-order valence-electron chi connectivity index (χ0n) is 19.0. The van der Waals surface area contributed by atoms with E-state index in [0.29, 0.717) is 44.1 Å². The number of hydrogen-bond donors (Lipinski definition) is 0. The first-order valence-electron chi connectivity index (χ1n) is 11.2. The number of benzene rings is 3. The fourth-order valence-corrected chi connectivity index (χ4v) is 5.24. The molecule has 1 aliphatic rings. The molecule has 1 aliphatic heterocycles. The zero-order chi connectivity index (χ0) is 24.8. The molecule has 0 saturated carbocycles. The standard InChI is InChI=1S/C27H18ClN3O4S/c1-15-29-30-27(36-15)31-23(17-8-5-9-19(12-17)34-14-16-6-3-2-4-7-16)22-24(32)20-13-18(28)10-11-21(20)35-25(22)26(31)33/h2-13,23H,14H2,1H3. The minimum atomic E-state index is -0.764. The van der Waals surface area contributed by atoms with Crippen LogP contribution in [0.3, 0.4) is 0 Å². The summed E-state index contributed by atoms with van der Waals surface area (Å²) >= 11 is 7.43. The summed E-state index contributed by atoms with van der Waals surface area (Å²) in [6, 6.07) is 21.2. The summed E-state index contributed by atoms with van der Waals surface area (Å²) in [5, 5.41) is 10.1. The number of aryl methyl sites for hydroxylation is 1. The van der Waals surface area contributed by atoms with Crippen molar-refractivity contribution in [2.75, 3.05) is 4.90 Å². The molecule has 7 nitrogen and oxygen atoms in total. The van der Waals surface area contributed by atoms with Crippen LogP contribution in [0.25, 0.3) is 11.0 Å². The van der Waals surface area contributed by atoms with Crippen molar-refractivity contribution in [3.05, 3.63) is 116 Å². The monoisotopic (exact) mass is 515 g/mol. The number of anilines is 1. The predicted molar refractivity (Wildman–Crippen MR) is 138 cm³/mol. The predicted octanol–water partition coefficient (Wildman–Crippen LogP) is 5.94. The van der Waals surface area contributed by atoms with E-state index in [2.05, 4.69) is 10.2 Å². The maximum atomic E-state index is 13.7. The Morgan fingerprint density at radius 3 is 2.64 bits per heavy atom. The van der Waals surface area contributed by atoms with Crippen molar-refractivity contribution >= 4 is 44.9 Å². The van der Waals surface area contributed by atoms with Gasteiger partial charge in [-0.15, -0.1) is 10.2 Å². The number of rotatable bonds is 5. The molecule has 0 radical (unpaired) electrons. The minimum absolute atomic E-state index is 0.0108. The number of amides is 1. The van der Waals surface area contributed by atoms with Crippen LogP contribution < -0.4 is 15.1 Å². The molecule has 0 aliphatic carbocycles. The summed E-state index contributed by atoms with van der Waals surface area (Å²) in [6.07, 6.45) is 0. The lowest BCUT2D eigenvalue weighted by atomic mass is 9.98. The first-order chi connectivity index (χ1) is 17.5. The molecule has 1 amide bonds. The van der Waals surface area contributed by atoms with Gasteiger partial charge in [0, 0.05) is 5.02 Å². The highest BCUT2D eigenvalue weighted by Gasteiger charge is 2.45. The molecule has 0 saturated heterocycles. The summed E-state index contributed by atoms with van der Waals surface area (Å²) in [5.74, 6) is 0.151. The second-order valence-electron chi connectivity index (χ2n) is 8.34. The quantitative estimate of drug-likeness (QED) is 0.288. The van der Waals surface area contributed by atoms with E-state index in [0.717, 1.165) is 5.56 Å². The number of hydrogen-bond acceptors (Lipinski definition) is 7. The summed E-state index contributed by atoms with van der Waals surface area (Å²) < 4.78 is 12.0. The van der Waals surface area contributed by atoms with Gasteiger partial charge in [-0.1, -0.05) is 65.4 Å². The van der Waals surface area contributed by atoms with E-state index in [1.807, 2.05) is 61.5 Å². The topological polar surface area (TPSA) is 85.5 Å². The Kier molecular flexibility index (Phi) is 5.55. The summed E-state index contributed by atoms with van der Waals surface area (Å²) in [7, 11) is 0. The Morgan fingerprint density at radius 2 is 1.86 bits per heavy atom. The van der Waals surface area contributed by atoms with Crippen LogP contribution in [-0.4, -0.2) is 16.1 Å². The molecule has 0 bridgehead atoms. The van der Waals surface area contributed by atoms with Gasteiger partial charge in [0.25, 0.3) is 5.91 Å². The maximum absolute atomic E-state index is 13.7. The summed E-state index contributed by atoms with van der Waals surface area (Å²) in [6.45, 7) is 2.19. The van der Waals surface area contributed by atoms with Crippen LogP contribution >= 0.6 is 22.9 Å². The molecular formula is C27H18ClN3O4S. The van der Waals surface area contributed by atoms with Crippen LogP contribution in [-0.2, 0) is 6.61 Å². The lowest BCUT2D eigenvalue weighted by Crippen LogP contribution is -2.29. The Hall–Kier alpha value is -4.01. The van der Waals surface area contributed by atoms with Gasteiger partial charge < -0.3 is 9.15 Å². The van der Waals surface area contributed by atoms with Crippen LogP contribution in [0.2, 0.25) is 5.02 Å². The average Bonchev–Trinajstić information content (AvgIpc) is 3.45. The fourth-order valence-electron chi connectivity index (χ4n) is 4.36. The Balaban J connectivity index is 1.49. The van der Waals surface area contributed by atoms with E-state index in [9.17, 15) is 9.59 Å². The highest BCUT2D eigenvalue weighted by molar-refractivity contribution is 7.15. The highest BCUT2D eigenvalue weighted by atomic mass is 35.5. The largest absolute Gasteiger partial charge is 0.489 e. The first kappa shape index (κ1) is 22.5. The third-order valence-corrected chi connectivity index (χ3v) is 7.05. The van der Waals surface area contributed by atoms with E-state index in [1.54, 1.807) is 18.2 Å². The fraction of sp³-hybridized carbons (Fsp3) is 0.111. The van der Waals surface area contributed by atoms with Gasteiger partial charge in [0.05, 0.1) is 17.0 Å². The number of carbonyl (C=O) groups excluding carboxylic acids is 1. The third-order valence-electron chi connectivity index (χ3n) is 5.98. The van der Waals surface area contributed by atoms with Gasteiger partial charge in [-0.05, 0) is 48.4 Å². The Morgan fingerprint density at radius 1 is 1.03 bits per heavy atom. The van der Waals surface area contributed by atoms with Gasteiger partial charge in [-0.25, -0.2) is 0 Å². The van der Waals surface area contributed by atoms with Gasteiger partial charge in [0.1, 0.15) is 22.9 Å². The van der Waals surface area contributed by atoms with Gasteiger partial charge >= 0.3 is 0 Å². The smallest absolute Gasteiger partial charge is 0.297 e. The number of ether oxygens (including phenoxy) is 1. The molecule has 6 rings (SSSR count). The lowest BCUT2D eigenvalue weighted by molar-refractivity contribution is 0.0970. The van der Waals surface area contributed by atoms with E-state index in [4.69, 9.17) is 20.8 Å². The Labute approximate surface area is 214 Å². The highest BCUT2D eigenvalue weighted by Crippen LogP contribution is 2.42. The normalized spacial score (nSPS) is 14.9. The van der Waals surface area contributed by atoms with Crippen LogP contribution in [0.15, 0.2) is 82.0 Å². The molecule has 178 valence electrons. The van der Waals surface area contributed by atoms with Crippen molar-refractivity contribution in [2.24, 2.45) is 0 Å². The third kappa shape index (κ3) is 3.84. The number of carbonyl (C=O) groups is 1. The molecule has 0 spiro atoms. The molecule has 1 atom stereocenters. The average molecular weight is 516 g/mol. The zero-order valence-corrected chi connectivity index (χ0v) is 20.5. The molecule has 3 heterocycles. The van der Waals surface area contributed by atoms with E-state index in [1.165, 1.54) is 16.2 Å². The van der Waals surface area contributed by atoms with Crippen molar-refractivity contribution in [2.45, 2.75) is 19.6 Å². The first-order valence-corrected chi connectivity index (χ1v) is 12.4. The van der Waals surface area contributed by atoms with Crippen molar-refractivity contribution in [3.8, 4) is 5.75 Å². The van der Waals surface area contributed by atoms with Gasteiger partial charge in [0.15, 0.2) is 5.43 Å². The molecule has 36 heavy (non-hydrogen) atoms. The number of aromatic nitrogens is 2. The van der Waals surface area contributed by atoms with Gasteiger partial charge in [-0.3, -0.25) is 14.5 Å². The molecule has 5 aromatic rings.